The van der Waals surface area contributed by atoms with E-state index >= 15 is 0 Å². The zero-order valence-electron chi connectivity index (χ0n) is 13.6. The number of hydrogen-bond donors (Lipinski definition) is 1. The second-order valence-electron chi connectivity index (χ2n) is 6.52. The highest BCUT2D eigenvalue weighted by molar-refractivity contribution is 5.74. The monoisotopic (exact) mass is 325 g/mol. The van der Waals surface area contributed by atoms with Gasteiger partial charge in [-0.2, -0.15) is 0 Å². The number of rotatable bonds is 3. The van der Waals surface area contributed by atoms with Gasteiger partial charge in [0.25, 0.3) is 5.56 Å². The summed E-state index contributed by atoms with van der Waals surface area (Å²) in [7, 11) is 1.72. The topological polar surface area (TPSA) is 80.1 Å². The second kappa shape index (κ2) is 5.43. The molecule has 0 spiro atoms. The van der Waals surface area contributed by atoms with Crippen molar-refractivity contribution in [1.82, 2.24) is 19.4 Å². The third-order valence-corrected chi connectivity index (χ3v) is 5.05. The lowest BCUT2D eigenvalue weighted by molar-refractivity contribution is -0.128. The molecule has 2 aliphatic rings. The summed E-state index contributed by atoms with van der Waals surface area (Å²) < 4.78 is 1.53. The van der Waals surface area contributed by atoms with Gasteiger partial charge in [0, 0.05) is 69.0 Å². The Bertz CT molecular complexity index is 836. The number of nitrogens with zero attached hydrogens (tertiary/aromatic N) is 4. The van der Waals surface area contributed by atoms with Crippen LogP contribution in [0.25, 0.3) is 11.3 Å². The van der Waals surface area contributed by atoms with Crippen LogP contribution in [0.2, 0.25) is 0 Å². The van der Waals surface area contributed by atoms with Crippen molar-refractivity contribution < 1.29 is 4.79 Å². The van der Waals surface area contributed by atoms with Crippen LogP contribution in [-0.2, 0) is 11.8 Å². The fraction of sp³-hybridized carbons (Fsp3) is 0.412. The van der Waals surface area contributed by atoms with E-state index in [0.29, 0.717) is 23.5 Å². The quantitative estimate of drug-likeness (QED) is 0.900. The summed E-state index contributed by atoms with van der Waals surface area (Å²) >= 11 is 0. The number of likely N-dealkylation sites (tertiary alicyclic amines) is 1. The molecule has 1 aliphatic heterocycles. The van der Waals surface area contributed by atoms with Gasteiger partial charge in [-0.25, -0.2) is 4.98 Å². The lowest BCUT2D eigenvalue weighted by Crippen LogP contribution is -2.32. The van der Waals surface area contributed by atoms with Gasteiger partial charge in [0.05, 0.1) is 5.69 Å². The van der Waals surface area contributed by atoms with Gasteiger partial charge in [-0.05, 0) is 12.1 Å². The van der Waals surface area contributed by atoms with Gasteiger partial charge in [0.1, 0.15) is 0 Å². The molecule has 1 saturated carbocycles. The molecule has 2 unspecified atom stereocenters. The molecule has 7 nitrogen and oxygen atoms in total. The minimum absolute atomic E-state index is 0.101. The average Bonchev–Trinajstić information content (AvgIpc) is 3.02. The van der Waals surface area contributed by atoms with Crippen molar-refractivity contribution in [3.63, 3.8) is 0 Å². The van der Waals surface area contributed by atoms with Crippen molar-refractivity contribution in [1.29, 1.82) is 0 Å². The summed E-state index contributed by atoms with van der Waals surface area (Å²) in [6, 6.07) is 5.49. The summed E-state index contributed by atoms with van der Waals surface area (Å²) in [5, 5.41) is 3.39. The lowest BCUT2D eigenvalue weighted by atomic mass is 10.2. The van der Waals surface area contributed by atoms with Gasteiger partial charge in [0.15, 0.2) is 0 Å². The molecule has 1 N–H and O–H groups in total. The number of carbonyl (C=O) groups is 1. The molecule has 124 valence electrons. The van der Waals surface area contributed by atoms with Crippen LogP contribution in [0, 0.1) is 11.8 Å². The maximum absolute atomic E-state index is 12.2. The minimum Gasteiger partial charge on any atom is -0.352 e. The molecule has 4 rings (SSSR count). The summed E-state index contributed by atoms with van der Waals surface area (Å²) in [6.07, 6.45) is 3.37. The van der Waals surface area contributed by atoms with E-state index in [9.17, 15) is 9.59 Å². The first-order valence-corrected chi connectivity index (χ1v) is 8.05. The normalized spacial score (nSPS) is 24.6. The fourth-order valence-corrected chi connectivity index (χ4v) is 3.49. The number of amides is 1. The number of anilines is 1. The first kappa shape index (κ1) is 14.9. The van der Waals surface area contributed by atoms with E-state index < -0.39 is 0 Å². The van der Waals surface area contributed by atoms with Crippen LogP contribution in [0.15, 0.2) is 35.4 Å². The molecule has 2 aromatic heterocycles. The first-order valence-electron chi connectivity index (χ1n) is 8.05. The number of hydrogen-bond acceptors (Lipinski definition) is 5. The molecule has 3 heterocycles. The van der Waals surface area contributed by atoms with Crippen molar-refractivity contribution in [2.45, 2.75) is 13.0 Å². The average molecular weight is 325 g/mol. The highest BCUT2D eigenvalue weighted by Gasteiger charge is 2.56. The standard InChI is InChI=1S/C17H19N5O2/c1-10(23)22-8-12-13(9-22)16(12)20-17-19-14(7-15(24)21(17)2)11-3-5-18-6-4-11/h3-7,12-13,16H,8-9H2,1-2H3,(H,19,20)/t12-,13?,16?/m0/s1. The smallest absolute Gasteiger partial charge is 0.255 e. The predicted octanol–water partition coefficient (Wildman–Crippen LogP) is 0.731. The van der Waals surface area contributed by atoms with Crippen molar-refractivity contribution in [2.24, 2.45) is 18.9 Å². The molecular weight excluding hydrogens is 306 g/mol. The van der Waals surface area contributed by atoms with Crippen LogP contribution >= 0.6 is 0 Å². The summed E-state index contributed by atoms with van der Waals surface area (Å²) in [6.45, 7) is 3.18. The van der Waals surface area contributed by atoms with Crippen LogP contribution in [-0.4, -0.2) is 44.5 Å². The molecule has 1 saturated heterocycles. The Morgan fingerprint density at radius 1 is 1.25 bits per heavy atom. The molecule has 0 bridgehead atoms. The Balaban J connectivity index is 1.56. The Morgan fingerprint density at radius 3 is 2.54 bits per heavy atom. The van der Waals surface area contributed by atoms with Crippen LogP contribution in [0.1, 0.15) is 6.92 Å². The first-order chi connectivity index (χ1) is 11.5. The number of piperidine rings is 1. The zero-order chi connectivity index (χ0) is 16.8. The molecular formula is C17H19N5O2. The summed E-state index contributed by atoms with van der Waals surface area (Å²) in [5.41, 5.74) is 1.40. The van der Waals surface area contributed by atoms with Crippen LogP contribution in [0.3, 0.4) is 0 Å². The highest BCUT2D eigenvalue weighted by atomic mass is 16.2. The maximum Gasteiger partial charge on any atom is 0.255 e. The number of nitrogens with one attached hydrogen (secondary N) is 1. The summed E-state index contributed by atoms with van der Waals surface area (Å²) in [4.78, 5) is 34.1. The van der Waals surface area contributed by atoms with E-state index in [-0.39, 0.29) is 17.5 Å². The Kier molecular flexibility index (Phi) is 3.37. The van der Waals surface area contributed by atoms with E-state index in [4.69, 9.17) is 0 Å². The molecule has 1 amide bonds. The minimum atomic E-state index is -0.101. The van der Waals surface area contributed by atoms with Gasteiger partial charge < -0.3 is 10.2 Å². The van der Waals surface area contributed by atoms with Crippen molar-refractivity contribution in [3.05, 3.63) is 40.9 Å². The van der Waals surface area contributed by atoms with Crippen LogP contribution in [0.4, 0.5) is 5.95 Å². The second-order valence-corrected chi connectivity index (χ2v) is 6.52. The zero-order valence-corrected chi connectivity index (χ0v) is 13.6. The van der Waals surface area contributed by atoms with E-state index in [2.05, 4.69) is 15.3 Å². The Labute approximate surface area is 139 Å². The van der Waals surface area contributed by atoms with Gasteiger partial charge in [0.2, 0.25) is 11.9 Å². The largest absolute Gasteiger partial charge is 0.352 e. The molecule has 3 atom stereocenters. The van der Waals surface area contributed by atoms with Gasteiger partial charge in [-0.1, -0.05) is 0 Å². The maximum atomic E-state index is 12.2. The van der Waals surface area contributed by atoms with E-state index in [1.165, 1.54) is 10.6 Å². The number of pyridine rings is 1. The number of fused-ring (bicyclic) bond motifs is 1. The molecule has 2 aromatic rings. The van der Waals surface area contributed by atoms with Crippen molar-refractivity contribution in [3.8, 4) is 11.3 Å². The third-order valence-electron chi connectivity index (χ3n) is 5.05. The van der Waals surface area contributed by atoms with E-state index in [1.54, 1.807) is 26.4 Å². The predicted molar refractivity (Wildman–Crippen MR) is 89.4 cm³/mol. The molecule has 7 heteroatoms. The summed E-state index contributed by atoms with van der Waals surface area (Å²) in [5.74, 6) is 1.61. The number of carbonyl (C=O) groups excluding carboxylic acids is 1. The Morgan fingerprint density at radius 2 is 1.92 bits per heavy atom. The van der Waals surface area contributed by atoms with Crippen molar-refractivity contribution >= 4 is 11.9 Å². The number of aromatic nitrogens is 3. The fourth-order valence-electron chi connectivity index (χ4n) is 3.49. The van der Waals surface area contributed by atoms with E-state index in [0.717, 1.165) is 18.7 Å². The molecule has 2 fully saturated rings. The van der Waals surface area contributed by atoms with Crippen LogP contribution in [0.5, 0.6) is 0 Å². The highest BCUT2D eigenvalue weighted by Crippen LogP contribution is 2.46. The molecule has 1 aliphatic carbocycles. The SMILES string of the molecule is CC(=O)N1CC2C(Nc3nc(-c4ccncc4)cc(=O)n3C)[C@H]2C1. The van der Waals surface area contributed by atoms with E-state index in [1.807, 2.05) is 17.0 Å². The van der Waals surface area contributed by atoms with Gasteiger partial charge >= 0.3 is 0 Å². The molecule has 24 heavy (non-hydrogen) atoms. The Hall–Kier alpha value is -2.70. The molecule has 0 aromatic carbocycles. The van der Waals surface area contributed by atoms with Gasteiger partial charge in [-0.3, -0.25) is 19.1 Å². The molecule has 0 radical (unpaired) electrons. The third kappa shape index (κ3) is 2.46. The van der Waals surface area contributed by atoms with Gasteiger partial charge in [-0.15, -0.1) is 0 Å². The lowest BCUT2D eigenvalue weighted by Gasteiger charge is -2.19. The van der Waals surface area contributed by atoms with Crippen LogP contribution < -0.4 is 10.9 Å². The van der Waals surface area contributed by atoms with Crippen molar-refractivity contribution in [2.75, 3.05) is 18.4 Å².